The maximum atomic E-state index is 12.9. The summed E-state index contributed by atoms with van der Waals surface area (Å²) < 4.78 is 5.66. The first-order valence-corrected chi connectivity index (χ1v) is 11.4. The molecule has 6 heteroatoms. The van der Waals surface area contributed by atoms with Gasteiger partial charge in [-0.05, 0) is 72.3 Å². The molecule has 2 aliphatic rings. The molecule has 1 aromatic carbocycles. The Balaban J connectivity index is 1.43. The van der Waals surface area contributed by atoms with Gasteiger partial charge in [0.05, 0.1) is 11.5 Å². The zero-order chi connectivity index (χ0) is 21.8. The number of ether oxygens (including phenoxy) is 1. The first-order valence-electron chi connectivity index (χ1n) is 10.6. The van der Waals surface area contributed by atoms with Crippen LogP contribution in [0, 0.1) is 32.1 Å². The van der Waals surface area contributed by atoms with Gasteiger partial charge in [0.1, 0.15) is 18.5 Å². The second kappa shape index (κ2) is 7.66. The average Bonchev–Trinajstić information content (AvgIpc) is 3.02. The number of fused-ring (bicyclic) bond motifs is 3. The molecule has 1 saturated carbocycles. The van der Waals surface area contributed by atoms with Gasteiger partial charge in [0, 0.05) is 11.4 Å². The number of carbonyl (C=O) groups excluding carboxylic acids is 1. The maximum Gasteiger partial charge on any atom is 0.261 e. The number of hydrogen-bond acceptors (Lipinski definition) is 5. The maximum absolute atomic E-state index is 12.9. The highest BCUT2D eigenvalue weighted by Crippen LogP contribution is 2.71. The molecule has 0 radical (unpaired) electrons. The Hall–Kier alpha value is -1.89. The largest absolute Gasteiger partial charge is 0.490 e. The third-order valence-corrected chi connectivity index (χ3v) is 7.99. The van der Waals surface area contributed by atoms with Crippen molar-refractivity contribution < 1.29 is 19.7 Å². The van der Waals surface area contributed by atoms with Gasteiger partial charge in [0.2, 0.25) is 0 Å². The van der Waals surface area contributed by atoms with Gasteiger partial charge in [-0.15, -0.1) is 11.3 Å². The number of aliphatic hydroxyl groups is 2. The fourth-order valence-electron chi connectivity index (χ4n) is 5.18. The normalized spacial score (nSPS) is 21.7. The van der Waals surface area contributed by atoms with Crippen LogP contribution in [0.4, 0.5) is 0 Å². The van der Waals surface area contributed by atoms with Crippen LogP contribution in [-0.2, 0) is 13.0 Å². The van der Waals surface area contributed by atoms with E-state index < -0.39 is 6.10 Å². The van der Waals surface area contributed by atoms with Crippen molar-refractivity contribution in [3.63, 3.8) is 0 Å². The van der Waals surface area contributed by atoms with Gasteiger partial charge in [0.15, 0.2) is 0 Å². The molecule has 0 bridgehead atoms. The molecule has 0 unspecified atom stereocenters. The van der Waals surface area contributed by atoms with Crippen molar-refractivity contribution in [3.8, 4) is 5.75 Å². The van der Waals surface area contributed by atoms with E-state index in [2.05, 4.69) is 26.1 Å². The number of nitrogens with one attached hydrogen (secondary N) is 1. The van der Waals surface area contributed by atoms with Crippen LogP contribution in [0.25, 0.3) is 0 Å². The Labute approximate surface area is 182 Å². The molecule has 1 aromatic heterocycles. The number of amides is 1. The molecule has 2 aliphatic carbocycles. The van der Waals surface area contributed by atoms with E-state index in [-0.39, 0.29) is 19.1 Å². The summed E-state index contributed by atoms with van der Waals surface area (Å²) in [6.45, 7) is 10.9. The molecule has 0 aliphatic heterocycles. The molecule has 0 spiro atoms. The lowest BCUT2D eigenvalue weighted by atomic mass is 9.95. The monoisotopic (exact) mass is 429 g/mol. The van der Waals surface area contributed by atoms with E-state index in [0.717, 1.165) is 28.0 Å². The third-order valence-electron chi connectivity index (χ3n) is 6.83. The molecule has 1 heterocycles. The summed E-state index contributed by atoms with van der Waals surface area (Å²) in [4.78, 5) is 15.1. The highest BCUT2D eigenvalue weighted by atomic mass is 32.1. The lowest BCUT2D eigenvalue weighted by Gasteiger charge is -2.16. The molecule has 5 nitrogen and oxygen atoms in total. The molecule has 4 rings (SSSR count). The minimum absolute atomic E-state index is 0.0187. The first-order chi connectivity index (χ1) is 14.1. The Morgan fingerprint density at radius 3 is 2.60 bits per heavy atom. The van der Waals surface area contributed by atoms with Crippen LogP contribution in [0.2, 0.25) is 0 Å². The van der Waals surface area contributed by atoms with Crippen LogP contribution in [0.1, 0.15) is 62.1 Å². The fraction of sp³-hybridized carbons (Fsp3) is 0.542. The summed E-state index contributed by atoms with van der Waals surface area (Å²) in [5.41, 5.74) is 6.02. The zero-order valence-corrected chi connectivity index (χ0v) is 19.2. The highest BCUT2D eigenvalue weighted by Gasteiger charge is 2.63. The van der Waals surface area contributed by atoms with Gasteiger partial charge < -0.3 is 20.3 Å². The molecular formula is C24H31NO4S. The summed E-state index contributed by atoms with van der Waals surface area (Å²) in [6.07, 6.45) is 0.139. The van der Waals surface area contributed by atoms with E-state index in [1.165, 1.54) is 16.0 Å². The lowest BCUT2D eigenvalue weighted by molar-refractivity contribution is 0.0531. The fourth-order valence-corrected chi connectivity index (χ4v) is 6.33. The summed E-state index contributed by atoms with van der Waals surface area (Å²) in [7, 11) is 0. The number of benzene rings is 1. The zero-order valence-electron chi connectivity index (χ0n) is 18.3. The Kier molecular flexibility index (Phi) is 5.45. The van der Waals surface area contributed by atoms with E-state index in [9.17, 15) is 9.90 Å². The van der Waals surface area contributed by atoms with Gasteiger partial charge in [-0.1, -0.05) is 26.0 Å². The number of aryl methyl sites for hydroxylation is 3. The molecule has 1 amide bonds. The van der Waals surface area contributed by atoms with Crippen molar-refractivity contribution in [2.24, 2.45) is 11.3 Å². The number of hydrogen-bond donors (Lipinski definition) is 3. The standard InChI is InChI=1S/C24H31NO4S/c1-12-6-15(7-13(2)21(12)29-11-16(27)10-26)9-25-23(28)22-17-8-18-20(24(18,4)5)19(17)14(3)30-22/h6-7,16,18,20,26-27H,8-11H2,1-5H3,(H,25,28)/t16-,18+,20+/m0/s1. The topological polar surface area (TPSA) is 78.8 Å². The number of rotatable bonds is 7. The van der Waals surface area contributed by atoms with Crippen molar-refractivity contribution in [2.75, 3.05) is 13.2 Å². The predicted molar refractivity (Wildman–Crippen MR) is 118 cm³/mol. The van der Waals surface area contributed by atoms with E-state index in [1.807, 2.05) is 26.0 Å². The highest BCUT2D eigenvalue weighted by molar-refractivity contribution is 7.14. The van der Waals surface area contributed by atoms with Crippen LogP contribution in [0.15, 0.2) is 12.1 Å². The second-order valence-electron chi connectivity index (χ2n) is 9.38. The SMILES string of the molecule is Cc1cc(CNC(=O)c2sc(C)c3c2C[C@@H]2[C@H]3C2(C)C)cc(C)c1OC[C@@H](O)CO. The number of aliphatic hydroxyl groups excluding tert-OH is 2. The van der Waals surface area contributed by atoms with Gasteiger partial charge in [-0.25, -0.2) is 0 Å². The average molecular weight is 430 g/mol. The minimum Gasteiger partial charge on any atom is -0.490 e. The lowest BCUT2D eigenvalue weighted by Crippen LogP contribution is -2.23. The smallest absolute Gasteiger partial charge is 0.261 e. The van der Waals surface area contributed by atoms with E-state index in [1.54, 1.807) is 11.3 Å². The van der Waals surface area contributed by atoms with Gasteiger partial charge >= 0.3 is 0 Å². The van der Waals surface area contributed by atoms with E-state index in [4.69, 9.17) is 9.84 Å². The van der Waals surface area contributed by atoms with Gasteiger partial charge in [-0.2, -0.15) is 0 Å². The molecular weight excluding hydrogens is 398 g/mol. The molecule has 0 saturated heterocycles. The predicted octanol–water partition coefficient (Wildman–Crippen LogP) is 3.63. The van der Waals surface area contributed by atoms with Crippen molar-refractivity contribution in [1.82, 2.24) is 5.32 Å². The molecule has 3 atom stereocenters. The summed E-state index contributed by atoms with van der Waals surface area (Å²) in [5.74, 6) is 2.06. The molecule has 3 N–H and O–H groups in total. The second-order valence-corrected chi connectivity index (χ2v) is 10.6. The Bertz CT molecular complexity index is 970. The summed E-state index contributed by atoms with van der Waals surface area (Å²) >= 11 is 1.64. The van der Waals surface area contributed by atoms with Gasteiger partial charge in [0.25, 0.3) is 5.91 Å². The van der Waals surface area contributed by atoms with Crippen LogP contribution in [0.3, 0.4) is 0 Å². The Morgan fingerprint density at radius 1 is 1.30 bits per heavy atom. The summed E-state index contributed by atoms with van der Waals surface area (Å²) in [5, 5.41) is 21.5. The number of thiophene rings is 1. The van der Waals surface area contributed by atoms with E-state index in [0.29, 0.717) is 29.5 Å². The first kappa shape index (κ1) is 21.3. The van der Waals surface area contributed by atoms with E-state index >= 15 is 0 Å². The third kappa shape index (κ3) is 3.55. The molecule has 162 valence electrons. The quantitative estimate of drug-likeness (QED) is 0.628. The minimum atomic E-state index is -0.893. The van der Waals surface area contributed by atoms with Crippen LogP contribution in [0.5, 0.6) is 5.75 Å². The van der Waals surface area contributed by atoms with Crippen molar-refractivity contribution in [2.45, 2.75) is 59.6 Å². The molecule has 2 aromatic rings. The molecule has 1 fully saturated rings. The Morgan fingerprint density at radius 2 is 1.97 bits per heavy atom. The van der Waals surface area contributed by atoms with Crippen molar-refractivity contribution in [1.29, 1.82) is 0 Å². The van der Waals surface area contributed by atoms with Gasteiger partial charge in [-0.3, -0.25) is 4.79 Å². The molecule has 30 heavy (non-hydrogen) atoms. The number of carbonyl (C=O) groups is 1. The van der Waals surface area contributed by atoms with Crippen LogP contribution in [-0.4, -0.2) is 35.4 Å². The van der Waals surface area contributed by atoms with Crippen LogP contribution < -0.4 is 10.1 Å². The van der Waals surface area contributed by atoms with Crippen molar-refractivity contribution >= 4 is 17.2 Å². The van der Waals surface area contributed by atoms with Crippen molar-refractivity contribution in [3.05, 3.63) is 49.7 Å². The van der Waals surface area contributed by atoms with Crippen LogP contribution >= 0.6 is 11.3 Å². The summed E-state index contributed by atoms with van der Waals surface area (Å²) in [6, 6.07) is 3.99.